The van der Waals surface area contributed by atoms with Gasteiger partial charge in [-0.25, -0.2) is 9.79 Å². The summed E-state index contributed by atoms with van der Waals surface area (Å²) in [5, 5.41) is 22.3. The second-order valence-corrected chi connectivity index (χ2v) is 7.69. The Kier molecular flexibility index (Phi) is 6.72. The van der Waals surface area contributed by atoms with Crippen molar-refractivity contribution in [2.45, 2.75) is 13.5 Å². The van der Waals surface area contributed by atoms with Crippen molar-refractivity contribution in [1.82, 2.24) is 0 Å². The SMILES string of the molecule is COc1cccc(/C=C2\N=C(c3ccc(C)c([N+](=O)[O-])c3)OC2=O)c1OCc1cccc([N+](=O)[O-])c1. The molecular formula is C25H19N3O8. The molecule has 1 aliphatic rings. The molecule has 0 amide bonds. The Labute approximate surface area is 204 Å². The number of ether oxygens (including phenoxy) is 3. The van der Waals surface area contributed by atoms with E-state index < -0.39 is 15.8 Å². The molecule has 1 aliphatic heterocycles. The maximum atomic E-state index is 12.5. The highest BCUT2D eigenvalue weighted by molar-refractivity contribution is 6.13. The number of carbonyl (C=O) groups is 1. The number of hydrogen-bond acceptors (Lipinski definition) is 9. The number of methoxy groups -OCH3 is 1. The molecule has 0 saturated heterocycles. The highest BCUT2D eigenvalue weighted by atomic mass is 16.6. The average Bonchev–Trinajstić information content (AvgIpc) is 3.23. The summed E-state index contributed by atoms with van der Waals surface area (Å²) in [7, 11) is 1.46. The zero-order chi connectivity index (χ0) is 25.8. The number of hydrogen-bond donors (Lipinski definition) is 0. The number of nitro groups is 2. The topological polar surface area (TPSA) is 143 Å². The summed E-state index contributed by atoms with van der Waals surface area (Å²) in [5.74, 6) is -0.127. The van der Waals surface area contributed by atoms with Crippen LogP contribution in [-0.2, 0) is 16.1 Å². The maximum absolute atomic E-state index is 12.5. The van der Waals surface area contributed by atoms with E-state index in [1.54, 1.807) is 49.4 Å². The summed E-state index contributed by atoms with van der Waals surface area (Å²) < 4.78 is 16.6. The third-order valence-electron chi connectivity index (χ3n) is 5.30. The van der Waals surface area contributed by atoms with Crippen molar-refractivity contribution < 1.29 is 28.9 Å². The summed E-state index contributed by atoms with van der Waals surface area (Å²) in [4.78, 5) is 38.0. The molecule has 36 heavy (non-hydrogen) atoms. The summed E-state index contributed by atoms with van der Waals surface area (Å²) in [6.07, 6.45) is 1.45. The van der Waals surface area contributed by atoms with E-state index in [2.05, 4.69) is 4.99 Å². The van der Waals surface area contributed by atoms with Crippen LogP contribution >= 0.6 is 0 Å². The fourth-order valence-electron chi connectivity index (χ4n) is 3.50. The van der Waals surface area contributed by atoms with E-state index in [0.717, 1.165) is 0 Å². The van der Waals surface area contributed by atoms with Gasteiger partial charge in [-0.3, -0.25) is 20.2 Å². The molecule has 0 saturated carbocycles. The van der Waals surface area contributed by atoms with Crippen molar-refractivity contribution in [1.29, 1.82) is 0 Å². The number of nitro benzene ring substituents is 2. The van der Waals surface area contributed by atoms with Gasteiger partial charge in [-0.2, -0.15) is 0 Å². The molecule has 0 radical (unpaired) electrons. The van der Waals surface area contributed by atoms with Crippen molar-refractivity contribution in [2.75, 3.05) is 7.11 Å². The number of cyclic esters (lactones) is 1. The van der Waals surface area contributed by atoms with Crippen LogP contribution in [0, 0.1) is 27.2 Å². The quantitative estimate of drug-likeness (QED) is 0.191. The molecule has 0 aliphatic carbocycles. The summed E-state index contributed by atoms with van der Waals surface area (Å²) in [6.45, 7) is 1.61. The first-order chi connectivity index (χ1) is 17.3. The zero-order valence-corrected chi connectivity index (χ0v) is 19.2. The van der Waals surface area contributed by atoms with Crippen LogP contribution in [-0.4, -0.2) is 28.8 Å². The van der Waals surface area contributed by atoms with Crippen molar-refractivity contribution in [3.05, 3.63) is 109 Å². The molecule has 11 nitrogen and oxygen atoms in total. The zero-order valence-electron chi connectivity index (χ0n) is 19.2. The number of para-hydroxylation sites is 1. The summed E-state index contributed by atoms with van der Waals surface area (Å²) in [5.41, 5.74) is 1.55. The van der Waals surface area contributed by atoms with Gasteiger partial charge in [0.15, 0.2) is 17.2 Å². The van der Waals surface area contributed by atoms with E-state index in [0.29, 0.717) is 28.2 Å². The van der Waals surface area contributed by atoms with Crippen LogP contribution in [0.4, 0.5) is 11.4 Å². The minimum absolute atomic E-state index is 0.00419. The number of carbonyl (C=O) groups excluding carboxylic acids is 1. The first kappa shape index (κ1) is 24.1. The molecule has 0 fully saturated rings. The number of nitrogens with zero attached hydrogens (tertiary/aromatic N) is 3. The van der Waals surface area contributed by atoms with Gasteiger partial charge in [0, 0.05) is 34.9 Å². The number of benzene rings is 3. The first-order valence-corrected chi connectivity index (χ1v) is 10.6. The lowest BCUT2D eigenvalue weighted by Gasteiger charge is -2.13. The highest BCUT2D eigenvalue weighted by Crippen LogP contribution is 2.34. The Morgan fingerprint density at radius 3 is 2.53 bits per heavy atom. The van der Waals surface area contributed by atoms with E-state index in [-0.39, 0.29) is 35.1 Å². The van der Waals surface area contributed by atoms with Gasteiger partial charge >= 0.3 is 5.97 Å². The van der Waals surface area contributed by atoms with Crippen LogP contribution in [0.1, 0.15) is 22.3 Å². The Bertz CT molecular complexity index is 1440. The minimum atomic E-state index is -0.735. The van der Waals surface area contributed by atoms with Crippen molar-refractivity contribution >= 4 is 29.3 Å². The standard InChI is InChI=1S/C25H19N3O8/c1-15-9-10-18(13-21(15)28(32)33)24-26-20(25(29)36-24)12-17-6-4-8-22(34-2)23(17)35-14-16-5-3-7-19(11-16)27(30)31/h3-13H,14H2,1-2H3/b20-12-. The van der Waals surface area contributed by atoms with Crippen LogP contribution in [0.5, 0.6) is 11.5 Å². The molecule has 4 rings (SSSR count). The molecule has 11 heteroatoms. The van der Waals surface area contributed by atoms with Crippen LogP contribution in [0.2, 0.25) is 0 Å². The molecular weight excluding hydrogens is 470 g/mol. The lowest BCUT2D eigenvalue weighted by atomic mass is 10.1. The Morgan fingerprint density at radius 1 is 1.03 bits per heavy atom. The molecule has 0 N–H and O–H groups in total. The molecule has 182 valence electrons. The normalized spacial score (nSPS) is 13.8. The predicted octanol–water partition coefficient (Wildman–Crippen LogP) is 4.74. The third-order valence-corrected chi connectivity index (χ3v) is 5.30. The van der Waals surface area contributed by atoms with E-state index in [9.17, 15) is 25.0 Å². The minimum Gasteiger partial charge on any atom is -0.493 e. The van der Waals surface area contributed by atoms with Crippen LogP contribution in [0.25, 0.3) is 6.08 Å². The first-order valence-electron chi connectivity index (χ1n) is 10.6. The molecule has 3 aromatic rings. The summed E-state index contributed by atoms with van der Waals surface area (Å²) >= 11 is 0. The van der Waals surface area contributed by atoms with Gasteiger partial charge in [0.25, 0.3) is 11.4 Å². The Balaban J connectivity index is 1.66. The Hall–Kier alpha value is -5.06. The van der Waals surface area contributed by atoms with Gasteiger partial charge in [0.2, 0.25) is 5.90 Å². The highest BCUT2D eigenvalue weighted by Gasteiger charge is 2.26. The van der Waals surface area contributed by atoms with Crippen LogP contribution in [0.15, 0.2) is 71.4 Å². The number of aryl methyl sites for hydroxylation is 1. The average molecular weight is 489 g/mol. The fraction of sp³-hybridized carbons (Fsp3) is 0.120. The fourth-order valence-corrected chi connectivity index (χ4v) is 3.50. The Morgan fingerprint density at radius 2 is 1.81 bits per heavy atom. The third kappa shape index (κ3) is 5.04. The van der Waals surface area contributed by atoms with Gasteiger partial charge in [0.1, 0.15) is 6.61 Å². The van der Waals surface area contributed by atoms with E-state index in [1.165, 1.54) is 31.4 Å². The van der Waals surface area contributed by atoms with Gasteiger partial charge in [-0.1, -0.05) is 30.3 Å². The molecule has 0 atom stereocenters. The summed E-state index contributed by atoms with van der Waals surface area (Å²) in [6, 6.07) is 15.5. The van der Waals surface area contributed by atoms with Crippen molar-refractivity contribution in [2.24, 2.45) is 4.99 Å². The molecule has 0 bridgehead atoms. The smallest absolute Gasteiger partial charge is 0.363 e. The van der Waals surface area contributed by atoms with E-state index in [1.807, 2.05) is 0 Å². The maximum Gasteiger partial charge on any atom is 0.363 e. The largest absolute Gasteiger partial charge is 0.493 e. The van der Waals surface area contributed by atoms with Gasteiger partial charge < -0.3 is 14.2 Å². The number of rotatable bonds is 8. The lowest BCUT2D eigenvalue weighted by molar-refractivity contribution is -0.385. The van der Waals surface area contributed by atoms with Gasteiger partial charge in [-0.05, 0) is 30.7 Å². The van der Waals surface area contributed by atoms with Crippen molar-refractivity contribution in [3.8, 4) is 11.5 Å². The second kappa shape index (κ2) is 10.1. The number of aliphatic imine (C=N–C) groups is 1. The molecule has 0 unspecified atom stereocenters. The van der Waals surface area contributed by atoms with E-state index in [4.69, 9.17) is 14.2 Å². The van der Waals surface area contributed by atoms with Gasteiger partial charge in [0.05, 0.1) is 17.0 Å². The molecule has 0 aromatic heterocycles. The monoisotopic (exact) mass is 489 g/mol. The lowest BCUT2D eigenvalue weighted by Crippen LogP contribution is -2.06. The van der Waals surface area contributed by atoms with Gasteiger partial charge in [-0.15, -0.1) is 0 Å². The van der Waals surface area contributed by atoms with Crippen LogP contribution < -0.4 is 9.47 Å². The molecule has 3 aromatic carbocycles. The number of non-ortho nitro benzene ring substituents is 1. The number of esters is 1. The second-order valence-electron chi connectivity index (χ2n) is 7.69. The van der Waals surface area contributed by atoms with Crippen LogP contribution in [0.3, 0.4) is 0 Å². The molecule has 1 heterocycles. The van der Waals surface area contributed by atoms with Crippen molar-refractivity contribution in [3.63, 3.8) is 0 Å². The molecule has 0 spiro atoms. The predicted molar refractivity (Wildman–Crippen MR) is 129 cm³/mol. The van der Waals surface area contributed by atoms with E-state index >= 15 is 0 Å².